The summed E-state index contributed by atoms with van der Waals surface area (Å²) in [7, 11) is 0. The Morgan fingerprint density at radius 3 is 2.23 bits per heavy atom. The van der Waals surface area contributed by atoms with Gasteiger partial charge in [0.1, 0.15) is 0 Å². The van der Waals surface area contributed by atoms with E-state index >= 15 is 0 Å². The lowest BCUT2D eigenvalue weighted by Crippen LogP contribution is -2.33. The largest absolute Gasteiger partial charge is 0.325 e. The van der Waals surface area contributed by atoms with Gasteiger partial charge >= 0.3 is 0 Å². The number of nitrogens with one attached hydrogen (secondary N) is 2. The molecule has 0 saturated carbocycles. The molecule has 0 radical (unpaired) electrons. The summed E-state index contributed by atoms with van der Waals surface area (Å²) < 4.78 is 24.6. The number of alkyl halides is 2. The molecule has 7 heteroatoms. The van der Waals surface area contributed by atoms with Crippen LogP contribution in [0.15, 0.2) is 53.4 Å². The summed E-state index contributed by atoms with van der Waals surface area (Å²) in [5.41, 5.74) is 1.63. The van der Waals surface area contributed by atoms with E-state index in [0.29, 0.717) is 27.4 Å². The minimum atomic E-state index is -2.46. The Bertz CT molecular complexity index is 708. The Balaban J connectivity index is 1.90. The molecule has 1 unspecified atom stereocenters. The van der Waals surface area contributed by atoms with Gasteiger partial charge in [-0.1, -0.05) is 49.3 Å². The normalized spacial score (nSPS) is 12.4. The number of hydrogen-bond donors (Lipinski definition) is 2. The molecule has 2 N–H and O–H groups in total. The van der Waals surface area contributed by atoms with E-state index in [1.54, 1.807) is 24.3 Å². The van der Waals surface area contributed by atoms with Gasteiger partial charge in [-0.2, -0.15) is 8.78 Å². The molecule has 1 atom stereocenters. The first-order valence-corrected chi connectivity index (χ1v) is 9.44. The van der Waals surface area contributed by atoms with Gasteiger partial charge in [-0.05, 0) is 47.9 Å². The average Bonchev–Trinajstić information content (AvgIpc) is 2.57. The Hall–Kier alpha value is -1.63. The highest BCUT2D eigenvalue weighted by molar-refractivity contribution is 7.99. The van der Waals surface area contributed by atoms with Crippen LogP contribution in [0.1, 0.15) is 25.5 Å². The Morgan fingerprint density at radius 1 is 1.08 bits per heavy atom. The summed E-state index contributed by atoms with van der Waals surface area (Å²) >= 11 is 6.40. The molecule has 0 fully saturated rings. The number of benzene rings is 2. The van der Waals surface area contributed by atoms with Crippen molar-refractivity contribution in [1.82, 2.24) is 5.32 Å². The molecule has 1 amide bonds. The van der Waals surface area contributed by atoms with Gasteiger partial charge in [0, 0.05) is 21.6 Å². The second-order valence-corrected chi connectivity index (χ2v) is 7.61. The van der Waals surface area contributed by atoms with Crippen molar-refractivity contribution in [2.45, 2.75) is 30.5 Å². The van der Waals surface area contributed by atoms with Crippen LogP contribution >= 0.6 is 23.4 Å². The predicted molar refractivity (Wildman–Crippen MR) is 104 cm³/mol. The number of carbonyl (C=O) groups excluding carboxylic acids is 1. The number of amides is 1. The van der Waals surface area contributed by atoms with Crippen molar-refractivity contribution in [3.8, 4) is 0 Å². The molecular weight excluding hydrogens is 378 g/mol. The van der Waals surface area contributed by atoms with Gasteiger partial charge in [-0.3, -0.25) is 4.79 Å². The summed E-state index contributed by atoms with van der Waals surface area (Å²) in [4.78, 5) is 12.6. The van der Waals surface area contributed by atoms with E-state index in [2.05, 4.69) is 24.5 Å². The molecule has 140 valence electrons. The summed E-state index contributed by atoms with van der Waals surface area (Å²) in [5, 5.41) is 6.68. The van der Waals surface area contributed by atoms with Crippen LogP contribution in [0.5, 0.6) is 0 Å². The summed E-state index contributed by atoms with van der Waals surface area (Å²) in [6.45, 7) is 4.28. The first kappa shape index (κ1) is 20.7. The molecule has 0 saturated heterocycles. The van der Waals surface area contributed by atoms with Gasteiger partial charge < -0.3 is 10.6 Å². The van der Waals surface area contributed by atoms with Crippen LogP contribution in [0.3, 0.4) is 0 Å². The first-order chi connectivity index (χ1) is 12.3. The molecule has 0 spiro atoms. The van der Waals surface area contributed by atoms with E-state index in [4.69, 9.17) is 11.6 Å². The molecule has 0 heterocycles. The molecule has 3 nitrogen and oxygen atoms in total. The minimum absolute atomic E-state index is 0.0165. The topological polar surface area (TPSA) is 41.1 Å². The van der Waals surface area contributed by atoms with Crippen LogP contribution in [0.4, 0.5) is 14.5 Å². The lowest BCUT2D eigenvalue weighted by Gasteiger charge is -2.23. The van der Waals surface area contributed by atoms with E-state index in [0.717, 1.165) is 5.56 Å². The molecule has 2 aromatic rings. The van der Waals surface area contributed by atoms with Crippen LogP contribution in [0.25, 0.3) is 0 Å². The Labute approximate surface area is 161 Å². The van der Waals surface area contributed by atoms with E-state index in [-0.39, 0.29) is 24.4 Å². The molecule has 0 aliphatic carbocycles. The third-order valence-corrected chi connectivity index (χ3v) is 4.72. The van der Waals surface area contributed by atoms with Crippen LogP contribution in [-0.2, 0) is 4.79 Å². The number of anilines is 1. The van der Waals surface area contributed by atoms with Gasteiger partial charge in [0.25, 0.3) is 5.76 Å². The molecule has 2 aromatic carbocycles. The number of halogens is 3. The van der Waals surface area contributed by atoms with E-state index in [9.17, 15) is 13.6 Å². The standard InChI is InChI=1S/C19H21ClF2N2OS/c1-12(2)18(13-3-5-14(20)6-4-13)23-11-17(25)24-15-7-9-16(10-8-15)26-19(21)22/h3-10,12,18-19,23H,11H2,1-2H3,(H,24,25). The number of thioether (sulfide) groups is 1. The van der Waals surface area contributed by atoms with E-state index < -0.39 is 5.76 Å². The van der Waals surface area contributed by atoms with Crippen molar-refractivity contribution >= 4 is 35.0 Å². The number of hydrogen-bond acceptors (Lipinski definition) is 3. The third kappa shape index (κ3) is 6.59. The maximum Gasteiger partial charge on any atom is 0.288 e. The highest BCUT2D eigenvalue weighted by Crippen LogP contribution is 2.26. The van der Waals surface area contributed by atoms with Crippen LogP contribution < -0.4 is 10.6 Å². The smallest absolute Gasteiger partial charge is 0.288 e. The molecule has 0 aliphatic rings. The number of rotatable bonds is 8. The lowest BCUT2D eigenvalue weighted by molar-refractivity contribution is -0.115. The second-order valence-electron chi connectivity index (χ2n) is 6.11. The second kappa shape index (κ2) is 9.90. The fraction of sp³-hybridized carbons (Fsp3) is 0.316. The van der Waals surface area contributed by atoms with Crippen LogP contribution in [0, 0.1) is 5.92 Å². The summed E-state index contributed by atoms with van der Waals surface area (Å²) in [6, 6.07) is 13.9. The number of carbonyl (C=O) groups is 1. The molecule has 0 bridgehead atoms. The quantitative estimate of drug-likeness (QED) is 0.570. The average molecular weight is 399 g/mol. The van der Waals surface area contributed by atoms with Gasteiger partial charge in [-0.25, -0.2) is 0 Å². The maximum atomic E-state index is 12.3. The molecular formula is C19H21ClF2N2OS. The van der Waals surface area contributed by atoms with E-state index in [1.165, 1.54) is 0 Å². The van der Waals surface area contributed by atoms with Crippen molar-refractivity contribution in [2.24, 2.45) is 5.92 Å². The van der Waals surface area contributed by atoms with E-state index in [1.807, 2.05) is 24.3 Å². The minimum Gasteiger partial charge on any atom is -0.325 e. The Kier molecular flexibility index (Phi) is 7.87. The molecule has 0 aromatic heterocycles. The van der Waals surface area contributed by atoms with Gasteiger partial charge in [0.2, 0.25) is 5.91 Å². The van der Waals surface area contributed by atoms with Crippen molar-refractivity contribution in [2.75, 3.05) is 11.9 Å². The van der Waals surface area contributed by atoms with Gasteiger partial charge in [-0.15, -0.1) is 0 Å². The fourth-order valence-electron chi connectivity index (χ4n) is 2.54. The van der Waals surface area contributed by atoms with Crippen molar-refractivity contribution in [3.05, 3.63) is 59.1 Å². The molecule has 2 rings (SSSR count). The summed E-state index contributed by atoms with van der Waals surface area (Å²) in [6.07, 6.45) is 0. The SMILES string of the molecule is CC(C)C(NCC(=O)Nc1ccc(SC(F)F)cc1)c1ccc(Cl)cc1. The monoisotopic (exact) mass is 398 g/mol. The highest BCUT2D eigenvalue weighted by atomic mass is 35.5. The highest BCUT2D eigenvalue weighted by Gasteiger charge is 2.16. The Morgan fingerprint density at radius 2 is 1.69 bits per heavy atom. The third-order valence-electron chi connectivity index (χ3n) is 3.74. The zero-order valence-electron chi connectivity index (χ0n) is 14.5. The first-order valence-electron chi connectivity index (χ1n) is 8.18. The fourth-order valence-corrected chi connectivity index (χ4v) is 3.16. The van der Waals surface area contributed by atoms with Gasteiger partial charge in [0.15, 0.2) is 0 Å². The lowest BCUT2D eigenvalue weighted by atomic mass is 9.96. The van der Waals surface area contributed by atoms with Crippen LogP contribution in [0.2, 0.25) is 5.02 Å². The summed E-state index contributed by atoms with van der Waals surface area (Å²) in [5.74, 6) is -2.37. The maximum absolute atomic E-state index is 12.3. The molecule has 0 aliphatic heterocycles. The predicted octanol–water partition coefficient (Wildman–Crippen LogP) is 5.58. The van der Waals surface area contributed by atoms with Gasteiger partial charge in [0.05, 0.1) is 6.54 Å². The zero-order chi connectivity index (χ0) is 19.1. The zero-order valence-corrected chi connectivity index (χ0v) is 16.1. The van der Waals surface area contributed by atoms with Crippen LogP contribution in [-0.4, -0.2) is 18.2 Å². The van der Waals surface area contributed by atoms with Crippen molar-refractivity contribution < 1.29 is 13.6 Å². The van der Waals surface area contributed by atoms with Crippen molar-refractivity contribution in [3.63, 3.8) is 0 Å². The van der Waals surface area contributed by atoms with Crippen molar-refractivity contribution in [1.29, 1.82) is 0 Å². The molecule has 26 heavy (non-hydrogen) atoms.